The molecule has 0 aliphatic rings. The lowest BCUT2D eigenvalue weighted by Gasteiger charge is -2.10. The van der Waals surface area contributed by atoms with Gasteiger partial charge in [-0.3, -0.25) is 0 Å². The first-order valence-corrected chi connectivity index (χ1v) is 2.83. The molecule has 0 heterocycles. The lowest BCUT2D eigenvalue weighted by molar-refractivity contribution is -0.124. The molecular formula is C5H12O4. The van der Waals surface area contributed by atoms with Gasteiger partial charge in [0.25, 0.3) is 0 Å². The second-order valence-electron chi connectivity index (χ2n) is 1.85. The molecule has 0 aromatic heterocycles. The van der Waals surface area contributed by atoms with Gasteiger partial charge in [0.05, 0.1) is 0 Å². The summed E-state index contributed by atoms with van der Waals surface area (Å²) in [5.41, 5.74) is 0. The quantitative estimate of drug-likeness (QED) is 0.352. The van der Waals surface area contributed by atoms with E-state index in [-0.39, 0.29) is 13.0 Å². The number of hydrogen-bond donors (Lipinski definition) is 4. The number of rotatable bonds is 4. The van der Waals surface area contributed by atoms with Crippen LogP contribution < -0.4 is 0 Å². The molecule has 0 spiro atoms. The van der Waals surface area contributed by atoms with E-state index >= 15 is 0 Å². The molecule has 0 saturated heterocycles. The molecule has 0 amide bonds. The van der Waals surface area contributed by atoms with Crippen LogP contribution in [0.5, 0.6) is 0 Å². The molecule has 0 bridgehead atoms. The number of hydrogen-bond acceptors (Lipinski definition) is 4. The van der Waals surface area contributed by atoms with Crippen molar-refractivity contribution in [2.45, 2.75) is 25.2 Å². The Bertz CT molecular complexity index is 64.0. The first-order chi connectivity index (χ1) is 4.18. The zero-order chi connectivity index (χ0) is 7.28. The summed E-state index contributed by atoms with van der Waals surface area (Å²) in [6, 6.07) is 0. The molecule has 0 aromatic carbocycles. The van der Waals surface area contributed by atoms with Crippen molar-refractivity contribution in [3.63, 3.8) is 0 Å². The summed E-state index contributed by atoms with van der Waals surface area (Å²) in [5, 5.41) is 33.4. The Labute approximate surface area is 53.4 Å². The SMILES string of the molecule is OCCCC(O)C(O)O. The summed E-state index contributed by atoms with van der Waals surface area (Å²) >= 11 is 0. The first kappa shape index (κ1) is 8.84. The maximum atomic E-state index is 8.65. The third-order valence-electron chi connectivity index (χ3n) is 1.00. The van der Waals surface area contributed by atoms with Gasteiger partial charge in [0.1, 0.15) is 6.10 Å². The summed E-state index contributed by atoms with van der Waals surface area (Å²) in [4.78, 5) is 0. The highest BCUT2D eigenvalue weighted by Gasteiger charge is 2.10. The van der Waals surface area contributed by atoms with E-state index in [2.05, 4.69) is 0 Å². The van der Waals surface area contributed by atoms with Gasteiger partial charge < -0.3 is 20.4 Å². The van der Waals surface area contributed by atoms with E-state index in [1.54, 1.807) is 0 Å². The molecule has 9 heavy (non-hydrogen) atoms. The highest BCUT2D eigenvalue weighted by atomic mass is 16.5. The standard InChI is InChI=1S/C5H12O4/c6-3-1-2-4(7)5(8)9/h4-9H,1-3H2. The normalized spacial score (nSPS) is 14.3. The Hall–Kier alpha value is -0.160. The van der Waals surface area contributed by atoms with Crippen LogP contribution in [0, 0.1) is 0 Å². The highest BCUT2D eigenvalue weighted by molar-refractivity contribution is 4.55. The van der Waals surface area contributed by atoms with Crippen LogP contribution in [0.3, 0.4) is 0 Å². The summed E-state index contributed by atoms with van der Waals surface area (Å²) in [5.74, 6) is 0. The number of aliphatic hydroxyl groups is 4. The first-order valence-electron chi connectivity index (χ1n) is 2.83. The zero-order valence-corrected chi connectivity index (χ0v) is 5.06. The van der Waals surface area contributed by atoms with Gasteiger partial charge in [0.2, 0.25) is 0 Å². The van der Waals surface area contributed by atoms with Crippen LogP contribution in [0.1, 0.15) is 12.8 Å². The summed E-state index contributed by atoms with van der Waals surface area (Å²) in [6.07, 6.45) is -2.21. The molecule has 4 nitrogen and oxygen atoms in total. The third kappa shape index (κ3) is 4.35. The van der Waals surface area contributed by atoms with Crippen LogP contribution in [0.15, 0.2) is 0 Å². The number of aliphatic hydroxyl groups excluding tert-OH is 3. The smallest absolute Gasteiger partial charge is 0.178 e. The third-order valence-corrected chi connectivity index (χ3v) is 1.00. The molecule has 0 aromatic rings. The van der Waals surface area contributed by atoms with E-state index < -0.39 is 12.4 Å². The van der Waals surface area contributed by atoms with Crippen molar-refractivity contribution in [2.24, 2.45) is 0 Å². The molecule has 4 N–H and O–H groups in total. The monoisotopic (exact) mass is 136 g/mol. The minimum Gasteiger partial charge on any atom is -0.396 e. The topological polar surface area (TPSA) is 80.9 Å². The molecule has 1 atom stereocenters. The van der Waals surface area contributed by atoms with Crippen molar-refractivity contribution in [2.75, 3.05) is 6.61 Å². The minimum atomic E-state index is -1.68. The highest BCUT2D eigenvalue weighted by Crippen LogP contribution is 1.98. The Morgan fingerprint density at radius 1 is 1.11 bits per heavy atom. The van der Waals surface area contributed by atoms with Crippen molar-refractivity contribution in [3.05, 3.63) is 0 Å². The van der Waals surface area contributed by atoms with Gasteiger partial charge in [-0.2, -0.15) is 0 Å². The maximum absolute atomic E-state index is 8.65. The molecule has 0 aliphatic heterocycles. The van der Waals surface area contributed by atoms with E-state index in [0.717, 1.165) is 0 Å². The van der Waals surface area contributed by atoms with Crippen LogP contribution in [0.2, 0.25) is 0 Å². The predicted molar refractivity (Wildman–Crippen MR) is 30.6 cm³/mol. The lowest BCUT2D eigenvalue weighted by atomic mass is 10.2. The summed E-state index contributed by atoms with van der Waals surface area (Å²) in [7, 11) is 0. The van der Waals surface area contributed by atoms with E-state index in [1.807, 2.05) is 0 Å². The van der Waals surface area contributed by atoms with Gasteiger partial charge in [0, 0.05) is 6.61 Å². The Morgan fingerprint density at radius 3 is 2.00 bits per heavy atom. The fourth-order valence-corrected chi connectivity index (χ4v) is 0.449. The second kappa shape index (κ2) is 4.69. The van der Waals surface area contributed by atoms with Crippen molar-refractivity contribution in [1.82, 2.24) is 0 Å². The maximum Gasteiger partial charge on any atom is 0.178 e. The zero-order valence-electron chi connectivity index (χ0n) is 5.06. The van der Waals surface area contributed by atoms with E-state index in [0.29, 0.717) is 6.42 Å². The molecule has 1 unspecified atom stereocenters. The summed E-state index contributed by atoms with van der Waals surface area (Å²) < 4.78 is 0. The van der Waals surface area contributed by atoms with E-state index in [1.165, 1.54) is 0 Å². The largest absolute Gasteiger partial charge is 0.396 e. The molecule has 0 rings (SSSR count). The molecule has 56 valence electrons. The van der Waals surface area contributed by atoms with Crippen LogP contribution >= 0.6 is 0 Å². The van der Waals surface area contributed by atoms with E-state index in [9.17, 15) is 0 Å². The molecule has 0 saturated carbocycles. The lowest BCUT2D eigenvalue weighted by Crippen LogP contribution is -2.25. The van der Waals surface area contributed by atoms with E-state index in [4.69, 9.17) is 20.4 Å². The fourth-order valence-electron chi connectivity index (χ4n) is 0.449. The van der Waals surface area contributed by atoms with Gasteiger partial charge >= 0.3 is 0 Å². The van der Waals surface area contributed by atoms with Crippen molar-refractivity contribution < 1.29 is 20.4 Å². The summed E-state index contributed by atoms with van der Waals surface area (Å²) in [6.45, 7) is -0.0379. The van der Waals surface area contributed by atoms with Crippen molar-refractivity contribution >= 4 is 0 Å². The molecular weight excluding hydrogens is 124 g/mol. The average molecular weight is 136 g/mol. The Balaban J connectivity index is 3.16. The predicted octanol–water partition coefficient (Wildman–Crippen LogP) is -1.57. The average Bonchev–Trinajstić information content (AvgIpc) is 1.82. The van der Waals surface area contributed by atoms with Gasteiger partial charge in [-0.05, 0) is 12.8 Å². The Morgan fingerprint density at radius 2 is 1.67 bits per heavy atom. The molecule has 4 heteroatoms. The fraction of sp³-hybridized carbons (Fsp3) is 1.00. The van der Waals surface area contributed by atoms with Crippen LogP contribution in [0.25, 0.3) is 0 Å². The van der Waals surface area contributed by atoms with Crippen LogP contribution in [-0.4, -0.2) is 39.4 Å². The van der Waals surface area contributed by atoms with Crippen molar-refractivity contribution in [1.29, 1.82) is 0 Å². The van der Waals surface area contributed by atoms with Crippen LogP contribution in [0.4, 0.5) is 0 Å². The van der Waals surface area contributed by atoms with Gasteiger partial charge in [-0.25, -0.2) is 0 Å². The Kier molecular flexibility index (Phi) is 4.61. The second-order valence-corrected chi connectivity index (χ2v) is 1.85. The molecule has 0 fully saturated rings. The van der Waals surface area contributed by atoms with Gasteiger partial charge in [0.15, 0.2) is 6.29 Å². The molecule has 0 radical (unpaired) electrons. The van der Waals surface area contributed by atoms with Gasteiger partial charge in [-0.1, -0.05) is 0 Å². The van der Waals surface area contributed by atoms with Crippen LogP contribution in [-0.2, 0) is 0 Å². The molecule has 0 aliphatic carbocycles. The van der Waals surface area contributed by atoms with Crippen molar-refractivity contribution in [3.8, 4) is 0 Å². The van der Waals surface area contributed by atoms with Gasteiger partial charge in [-0.15, -0.1) is 0 Å². The minimum absolute atomic E-state index is 0.0379.